The molecular weight excluding hydrogens is 355 g/mol. The summed E-state index contributed by atoms with van der Waals surface area (Å²) in [5, 5.41) is 0. The first-order chi connectivity index (χ1) is 11.6. The lowest BCUT2D eigenvalue weighted by Crippen LogP contribution is -2.59. The monoisotopic (exact) mass is 384 g/mol. The Morgan fingerprint density at radius 2 is 1.64 bits per heavy atom. The number of carbonyl (C=O) groups is 2. The number of fused-ring (bicyclic) bond motifs is 5. The summed E-state index contributed by atoms with van der Waals surface area (Å²) in [6.07, 6.45) is 8.06. The van der Waals surface area contributed by atoms with Crippen LogP contribution >= 0.6 is 23.2 Å². The largest absolute Gasteiger partial charge is 0.300 e. The van der Waals surface area contributed by atoms with Crippen LogP contribution in [-0.2, 0) is 9.59 Å². The molecule has 25 heavy (non-hydrogen) atoms. The van der Waals surface area contributed by atoms with Crippen molar-refractivity contribution in [1.29, 1.82) is 0 Å². The number of rotatable bonds is 1. The molecule has 2 nitrogen and oxygen atoms in total. The van der Waals surface area contributed by atoms with Crippen molar-refractivity contribution >= 4 is 34.8 Å². The van der Waals surface area contributed by atoms with Gasteiger partial charge in [0.2, 0.25) is 0 Å². The Labute approximate surface area is 161 Å². The van der Waals surface area contributed by atoms with Crippen LogP contribution in [0.1, 0.15) is 72.1 Å². The van der Waals surface area contributed by atoms with Crippen molar-refractivity contribution in [2.75, 3.05) is 0 Å². The van der Waals surface area contributed by atoms with Gasteiger partial charge in [0.15, 0.2) is 10.1 Å². The fraction of sp³-hybridized carbons (Fsp3) is 0.905. The third kappa shape index (κ3) is 2.35. The van der Waals surface area contributed by atoms with E-state index in [1.54, 1.807) is 6.92 Å². The molecule has 4 fully saturated rings. The van der Waals surface area contributed by atoms with Crippen molar-refractivity contribution in [3.05, 3.63) is 0 Å². The quantitative estimate of drug-likeness (QED) is 0.552. The zero-order chi connectivity index (χ0) is 18.2. The number of ketones is 2. The molecule has 0 bridgehead atoms. The smallest absolute Gasteiger partial charge is 0.179 e. The van der Waals surface area contributed by atoms with Gasteiger partial charge in [-0.2, -0.15) is 0 Å². The highest BCUT2D eigenvalue weighted by Gasteiger charge is 2.64. The highest BCUT2D eigenvalue weighted by molar-refractivity contribution is 6.58. The third-order valence-corrected chi connectivity index (χ3v) is 10.0. The van der Waals surface area contributed by atoms with Gasteiger partial charge in [0.25, 0.3) is 0 Å². The van der Waals surface area contributed by atoms with Crippen LogP contribution < -0.4 is 0 Å². The molecular formula is C21H30Cl2O2. The van der Waals surface area contributed by atoms with Gasteiger partial charge in [-0.05, 0) is 80.5 Å². The Bertz CT molecular complexity index is 615. The lowest BCUT2D eigenvalue weighted by atomic mass is 9.44. The van der Waals surface area contributed by atoms with E-state index in [9.17, 15) is 9.59 Å². The number of hydrogen-bond acceptors (Lipinski definition) is 2. The summed E-state index contributed by atoms with van der Waals surface area (Å²) >= 11 is 13.2. The van der Waals surface area contributed by atoms with Gasteiger partial charge in [-0.15, -0.1) is 0 Å². The van der Waals surface area contributed by atoms with E-state index in [0.29, 0.717) is 30.0 Å². The number of halogens is 2. The van der Waals surface area contributed by atoms with Crippen LogP contribution in [0.5, 0.6) is 0 Å². The second-order valence-electron chi connectivity index (χ2n) is 9.84. The first kappa shape index (κ1) is 18.3. The van der Waals surface area contributed by atoms with Crippen molar-refractivity contribution in [3.63, 3.8) is 0 Å². The minimum Gasteiger partial charge on any atom is -0.300 e. The number of Topliss-reactive ketones (excluding diaryl/α,β-unsaturated/α-hetero) is 2. The van der Waals surface area contributed by atoms with Crippen molar-refractivity contribution < 1.29 is 9.59 Å². The van der Waals surface area contributed by atoms with Crippen molar-refractivity contribution in [1.82, 2.24) is 0 Å². The fourth-order valence-corrected chi connectivity index (χ4v) is 8.73. The Morgan fingerprint density at radius 1 is 0.960 bits per heavy atom. The average Bonchev–Trinajstić information content (AvgIpc) is 2.89. The molecule has 0 aromatic carbocycles. The molecule has 0 radical (unpaired) electrons. The second kappa shape index (κ2) is 5.71. The van der Waals surface area contributed by atoms with Crippen LogP contribution in [0.3, 0.4) is 0 Å². The molecule has 4 aliphatic carbocycles. The molecule has 0 spiro atoms. The summed E-state index contributed by atoms with van der Waals surface area (Å²) in [7, 11) is 0. The lowest BCUT2D eigenvalue weighted by molar-refractivity contribution is -0.144. The molecule has 4 heteroatoms. The SMILES string of the molecule is CC(=O)[C@H]1CC[C@H]2[C@@H]3CCC4C(Cl)(Cl)C(=O)CC[C@]4(C)[C@H]3CC[C@]12C. The van der Waals surface area contributed by atoms with Gasteiger partial charge in [0, 0.05) is 18.3 Å². The van der Waals surface area contributed by atoms with Crippen LogP contribution in [0.2, 0.25) is 0 Å². The first-order valence-electron chi connectivity index (χ1n) is 10.0. The first-order valence-corrected chi connectivity index (χ1v) is 10.8. The van der Waals surface area contributed by atoms with Crippen LogP contribution in [0, 0.1) is 40.4 Å². The van der Waals surface area contributed by atoms with E-state index in [0.717, 1.165) is 38.5 Å². The third-order valence-electron chi connectivity index (χ3n) is 9.06. The van der Waals surface area contributed by atoms with Gasteiger partial charge in [-0.25, -0.2) is 0 Å². The lowest BCUT2D eigenvalue weighted by Gasteiger charge is -2.62. The minimum absolute atomic E-state index is 0.0231. The summed E-state index contributed by atoms with van der Waals surface area (Å²) in [6, 6.07) is 0. The van der Waals surface area contributed by atoms with Gasteiger partial charge in [-0.3, -0.25) is 9.59 Å². The van der Waals surface area contributed by atoms with Crippen LogP contribution in [0.15, 0.2) is 0 Å². The number of alkyl halides is 2. The molecule has 4 aliphatic rings. The van der Waals surface area contributed by atoms with Gasteiger partial charge in [0.05, 0.1) is 0 Å². The summed E-state index contributed by atoms with van der Waals surface area (Å²) in [5.74, 6) is 2.65. The number of carbonyl (C=O) groups excluding carboxylic acids is 2. The normalized spacial score (nSPS) is 51.4. The fourth-order valence-electron chi connectivity index (χ4n) is 7.82. The zero-order valence-corrected chi connectivity index (χ0v) is 17.1. The molecule has 0 N–H and O–H groups in total. The molecule has 0 saturated heterocycles. The van der Waals surface area contributed by atoms with E-state index >= 15 is 0 Å². The maximum atomic E-state index is 12.3. The molecule has 0 heterocycles. The molecule has 0 aromatic rings. The van der Waals surface area contributed by atoms with E-state index in [1.165, 1.54) is 6.42 Å². The zero-order valence-electron chi connectivity index (χ0n) is 15.6. The highest BCUT2D eigenvalue weighted by Crippen LogP contribution is 2.69. The Hall–Kier alpha value is -0.0800. The summed E-state index contributed by atoms with van der Waals surface area (Å²) < 4.78 is -1.20. The molecule has 0 aliphatic heterocycles. The summed E-state index contributed by atoms with van der Waals surface area (Å²) in [4.78, 5) is 24.5. The van der Waals surface area contributed by atoms with Gasteiger partial charge in [0.1, 0.15) is 5.78 Å². The van der Waals surface area contributed by atoms with Crippen molar-refractivity contribution in [2.24, 2.45) is 40.4 Å². The van der Waals surface area contributed by atoms with Crippen molar-refractivity contribution in [3.8, 4) is 0 Å². The van der Waals surface area contributed by atoms with Crippen LogP contribution in [0.4, 0.5) is 0 Å². The highest BCUT2D eigenvalue weighted by atomic mass is 35.5. The molecule has 0 amide bonds. The molecule has 0 aromatic heterocycles. The topological polar surface area (TPSA) is 34.1 Å². The van der Waals surface area contributed by atoms with Gasteiger partial charge < -0.3 is 0 Å². The standard InChI is InChI=1S/C21H30Cl2O2/c1-12(24)14-5-6-15-13-4-7-17-20(3,11-9-18(25)21(17,22)23)16(13)8-10-19(14,15)2/h13-17H,4-11H2,1-3H3/t13-,14+,15-,16-,17?,19+,20+/m0/s1. The van der Waals surface area contributed by atoms with E-state index in [1.807, 2.05) is 0 Å². The predicted octanol–water partition coefficient (Wildman–Crippen LogP) is 5.59. The Morgan fingerprint density at radius 3 is 2.32 bits per heavy atom. The average molecular weight is 385 g/mol. The van der Waals surface area contributed by atoms with E-state index in [-0.39, 0.29) is 28.4 Å². The van der Waals surface area contributed by atoms with E-state index < -0.39 is 4.33 Å². The van der Waals surface area contributed by atoms with E-state index in [2.05, 4.69) is 13.8 Å². The summed E-state index contributed by atoms with van der Waals surface area (Å²) in [6.45, 7) is 6.50. The Kier molecular flexibility index (Phi) is 4.18. The molecule has 4 rings (SSSR count). The second-order valence-corrected chi connectivity index (χ2v) is 11.2. The van der Waals surface area contributed by atoms with E-state index in [4.69, 9.17) is 23.2 Å². The minimum atomic E-state index is -1.20. The molecule has 140 valence electrons. The van der Waals surface area contributed by atoms with Gasteiger partial charge >= 0.3 is 0 Å². The molecule has 7 atom stereocenters. The Balaban J connectivity index is 1.66. The van der Waals surface area contributed by atoms with Crippen molar-refractivity contribution in [2.45, 2.75) is 76.5 Å². The number of hydrogen-bond donors (Lipinski definition) is 0. The summed E-state index contributed by atoms with van der Waals surface area (Å²) in [5.41, 5.74) is 0.246. The molecule has 1 unspecified atom stereocenters. The molecule has 4 saturated carbocycles. The van der Waals surface area contributed by atoms with Crippen LogP contribution in [0.25, 0.3) is 0 Å². The predicted molar refractivity (Wildman–Crippen MR) is 101 cm³/mol. The van der Waals surface area contributed by atoms with Crippen LogP contribution in [-0.4, -0.2) is 15.9 Å². The maximum absolute atomic E-state index is 12.3. The maximum Gasteiger partial charge on any atom is 0.179 e. The van der Waals surface area contributed by atoms with Gasteiger partial charge in [-0.1, -0.05) is 37.0 Å².